The highest BCUT2D eigenvalue weighted by Gasteiger charge is 2.51. The van der Waals surface area contributed by atoms with Crippen molar-refractivity contribution in [3.63, 3.8) is 0 Å². The Morgan fingerprint density at radius 2 is 1.07 bits per heavy atom. The lowest BCUT2D eigenvalue weighted by molar-refractivity contribution is -0.134. The molecule has 20 heteroatoms. The molecule has 0 spiro atoms. The molecule has 2 aromatic carbocycles. The number of Topliss-reactive ketones (excluding diaryl/α,β-unsaturated/α-hetero) is 6. The Kier molecular flexibility index (Phi) is 21.6. The average Bonchev–Trinajstić information content (AvgIpc) is 3.19. The van der Waals surface area contributed by atoms with Crippen LogP contribution >= 0.6 is 0 Å². The number of hydrogen-bond acceptors (Lipinski definition) is 16. The van der Waals surface area contributed by atoms with E-state index < -0.39 is 47.0 Å². The number of amides is 2. The maximum Gasteiger partial charge on any atom is 0.223 e. The number of imidazole rings is 1. The Morgan fingerprint density at radius 3 is 1.54 bits per heavy atom. The quantitative estimate of drug-likeness (QED) is 0.0432. The number of H-pyrrole nitrogens is 2. The minimum Gasteiger partial charge on any atom is -0.379 e. The van der Waals surface area contributed by atoms with Gasteiger partial charge in [0.05, 0.1) is 93.9 Å². The van der Waals surface area contributed by atoms with E-state index in [0.29, 0.717) is 104 Å². The van der Waals surface area contributed by atoms with E-state index in [-0.39, 0.29) is 85.0 Å². The van der Waals surface area contributed by atoms with Gasteiger partial charge in [0.1, 0.15) is 22.8 Å². The van der Waals surface area contributed by atoms with Crippen LogP contribution in [-0.2, 0) is 70.1 Å². The predicted molar refractivity (Wildman–Crippen MR) is 314 cm³/mol. The summed E-state index contributed by atoms with van der Waals surface area (Å²) in [5.74, 6) is -2.19. The smallest absolute Gasteiger partial charge is 0.223 e. The summed E-state index contributed by atoms with van der Waals surface area (Å²) < 4.78 is 21.7. The Labute approximate surface area is 492 Å². The summed E-state index contributed by atoms with van der Waals surface area (Å²) in [6, 6.07) is 9.88. The van der Waals surface area contributed by atoms with Crippen molar-refractivity contribution < 1.29 is 57.3 Å². The highest BCUT2D eigenvalue weighted by Crippen LogP contribution is 2.39. The number of ether oxygens (including phenoxy) is 4. The van der Waals surface area contributed by atoms with Crippen LogP contribution < -0.4 is 10.6 Å². The van der Waals surface area contributed by atoms with Crippen molar-refractivity contribution in [2.24, 2.45) is 35.5 Å². The highest BCUT2D eigenvalue weighted by atomic mass is 16.6. The molecule has 2 aromatic heterocycles. The van der Waals surface area contributed by atoms with E-state index in [1.165, 1.54) is 0 Å². The largest absolute Gasteiger partial charge is 0.379 e. The zero-order chi connectivity index (χ0) is 59.4. The van der Waals surface area contributed by atoms with E-state index in [2.05, 4.69) is 30.8 Å². The number of epoxide rings is 2. The predicted octanol–water partition coefficient (Wildman–Crippen LogP) is 6.06. The molecule has 20 nitrogen and oxygen atoms in total. The van der Waals surface area contributed by atoms with Crippen molar-refractivity contribution in [1.82, 2.24) is 40.6 Å². The molecule has 0 radical (unpaired) electrons. The molecule has 84 heavy (non-hydrogen) atoms. The van der Waals surface area contributed by atoms with Crippen LogP contribution in [0.2, 0.25) is 0 Å². The van der Waals surface area contributed by atoms with Crippen molar-refractivity contribution in [2.45, 2.75) is 154 Å². The van der Waals surface area contributed by atoms with Gasteiger partial charge in [-0.05, 0) is 86.8 Å². The van der Waals surface area contributed by atoms with E-state index in [4.69, 9.17) is 18.9 Å². The molecular weight excluding hydrogens is 1070 g/mol. The van der Waals surface area contributed by atoms with Crippen LogP contribution in [0.1, 0.15) is 129 Å². The fourth-order valence-electron chi connectivity index (χ4n) is 12.8. The molecule has 10 rings (SSSR count). The lowest BCUT2D eigenvalue weighted by Gasteiger charge is -2.26. The van der Waals surface area contributed by atoms with E-state index in [0.717, 1.165) is 84.4 Å². The van der Waals surface area contributed by atoms with Crippen molar-refractivity contribution in [2.75, 3.05) is 78.9 Å². The highest BCUT2D eigenvalue weighted by molar-refractivity contribution is 5.99. The van der Waals surface area contributed by atoms with Crippen molar-refractivity contribution >= 4 is 68.5 Å². The lowest BCUT2D eigenvalue weighted by atomic mass is 9.81. The number of benzene rings is 2. The molecule has 4 aromatic rings. The molecule has 6 fully saturated rings. The summed E-state index contributed by atoms with van der Waals surface area (Å²) in [4.78, 5) is 118. The van der Waals surface area contributed by atoms with E-state index in [9.17, 15) is 38.4 Å². The molecular formula is C64H88N8O12. The number of nitrogens with zero attached hydrogens (tertiary/aromatic N) is 4. The number of carbonyl (C=O) groups excluding carboxylic acids is 8. The number of carbonyl (C=O) groups is 8. The summed E-state index contributed by atoms with van der Waals surface area (Å²) in [7, 11) is 0. The molecule has 456 valence electrons. The first-order chi connectivity index (χ1) is 40.4. The summed E-state index contributed by atoms with van der Waals surface area (Å²) in [5, 5.41) is 13.9. The summed E-state index contributed by atoms with van der Waals surface area (Å²) in [6.07, 6.45) is 14.6. The minimum atomic E-state index is -0.818. The third kappa shape index (κ3) is 17.6. The van der Waals surface area contributed by atoms with Crippen molar-refractivity contribution in [3.8, 4) is 0 Å². The Balaban J connectivity index is 0.000000202. The molecule has 4 N–H and O–H groups in total. The molecule has 0 unspecified atom stereocenters. The summed E-state index contributed by atoms with van der Waals surface area (Å²) in [5.41, 5.74) is 2.70. The average molecular weight is 1160 g/mol. The number of aromatic nitrogens is 4. The van der Waals surface area contributed by atoms with E-state index in [1.54, 1.807) is 40.2 Å². The lowest BCUT2D eigenvalue weighted by Crippen LogP contribution is -2.46. The first-order valence-corrected chi connectivity index (χ1v) is 30.9. The molecule has 2 saturated carbocycles. The van der Waals surface area contributed by atoms with Gasteiger partial charge in [-0.15, -0.1) is 0 Å². The SMILES string of the molecule is C[C@H](CC(=O)CN1CCOCC1)C(=O)N[C@@H](Cc1ccc2[nH]ncc2c1)C(=O)C[C@@H](CC1CCCC1)C(=O)[C@@]1(C)CO1.C[C@H](CC(=O)CN1CCOCC1)C(=O)N[C@@H](Cc1ccc2nc[nH]c2c1)C(=O)C[C@@H](CC1CCCC1)C(=O)[C@@]1(C)CO1. The number of morpholine rings is 2. The van der Waals surface area contributed by atoms with Gasteiger partial charge in [-0.1, -0.05) is 77.3 Å². The number of aromatic amines is 2. The van der Waals surface area contributed by atoms with Crippen LogP contribution in [0.4, 0.5) is 0 Å². The minimum absolute atomic E-state index is 0.00489. The van der Waals surface area contributed by atoms with E-state index in [1.807, 2.05) is 46.2 Å². The fourth-order valence-corrected chi connectivity index (χ4v) is 12.8. The van der Waals surface area contributed by atoms with Crippen LogP contribution in [0.3, 0.4) is 0 Å². The normalized spacial score (nSPS) is 23.4. The fraction of sp³-hybridized carbons (Fsp3) is 0.656. The summed E-state index contributed by atoms with van der Waals surface area (Å²) in [6.45, 7) is 13.6. The molecule has 0 bridgehead atoms. The van der Waals surface area contributed by atoms with Gasteiger partial charge in [0, 0.05) is 80.9 Å². The standard InChI is InChI=1S/2C32H44N4O6/c1-21(13-26(37)19-36-9-11-41-12-10-36)31(40)34-28(16-23-7-8-27-25(15-23)18-33-35-27)29(38)17-24(14-22-5-3-4-6-22)30(39)32(2)20-42-32;1-21(13-25(37)18-36-9-11-41-12-10-36)31(40)35-28(16-23-7-8-26-27(15-23)34-20-33-26)29(38)17-24(14-22-5-3-4-6-22)30(39)32(2)19-42-32/h7-8,15,18,21-22,24,28H,3-6,9-14,16-17,19-20H2,1-2H3,(H,33,35)(H,34,40);7-8,15,20-22,24,28H,3-6,9-14,16-19H2,1-2H3,(H,33,34)(H,35,40)/t2*21-,24-,28+,32-/m11/s1. The van der Waals surface area contributed by atoms with Crippen molar-refractivity contribution in [1.29, 1.82) is 0 Å². The van der Waals surface area contributed by atoms with Gasteiger partial charge in [-0.3, -0.25) is 53.3 Å². The van der Waals surface area contributed by atoms with Gasteiger partial charge < -0.3 is 34.6 Å². The molecule has 6 heterocycles. The molecule has 2 amide bonds. The third-order valence-corrected chi connectivity index (χ3v) is 18.3. The number of hydrogen-bond donors (Lipinski definition) is 4. The van der Waals surface area contributed by atoms with Gasteiger partial charge in [-0.25, -0.2) is 4.98 Å². The topological polar surface area (TPSA) is 268 Å². The molecule has 2 aliphatic carbocycles. The van der Waals surface area contributed by atoms with E-state index >= 15 is 0 Å². The van der Waals surface area contributed by atoms with Crippen LogP contribution in [0.15, 0.2) is 48.9 Å². The van der Waals surface area contributed by atoms with Crippen molar-refractivity contribution in [3.05, 3.63) is 60.0 Å². The third-order valence-electron chi connectivity index (χ3n) is 18.3. The Morgan fingerprint density at radius 1 is 0.619 bits per heavy atom. The van der Waals surface area contributed by atoms with Crippen LogP contribution in [0, 0.1) is 35.5 Å². The van der Waals surface area contributed by atoms with Crippen LogP contribution in [-0.4, -0.2) is 179 Å². The molecule has 4 saturated heterocycles. The number of rotatable bonds is 30. The van der Waals surface area contributed by atoms with Gasteiger partial charge in [0.25, 0.3) is 0 Å². The van der Waals surface area contributed by atoms with Gasteiger partial charge in [0.2, 0.25) is 11.8 Å². The second-order valence-corrected chi connectivity index (χ2v) is 25.4. The molecule has 4 aliphatic heterocycles. The number of nitrogens with one attached hydrogen (secondary N) is 4. The number of ketones is 6. The first-order valence-electron chi connectivity index (χ1n) is 30.9. The number of fused-ring (bicyclic) bond motifs is 2. The van der Waals surface area contributed by atoms with Crippen LogP contribution in [0.25, 0.3) is 21.9 Å². The maximum absolute atomic E-state index is 13.9. The zero-order valence-electron chi connectivity index (χ0n) is 49.7. The van der Waals surface area contributed by atoms with Gasteiger partial charge in [0.15, 0.2) is 23.1 Å². The van der Waals surface area contributed by atoms with Crippen LogP contribution in [0.5, 0.6) is 0 Å². The maximum atomic E-state index is 13.9. The monoisotopic (exact) mass is 1160 g/mol. The van der Waals surface area contributed by atoms with Gasteiger partial charge in [-0.2, -0.15) is 5.10 Å². The molecule has 6 aliphatic rings. The van der Waals surface area contributed by atoms with Gasteiger partial charge >= 0.3 is 0 Å². The Hall–Kier alpha value is -5.90. The Bertz CT molecular complexity index is 2750. The molecule has 8 atom stereocenters. The first kappa shape index (κ1) is 62.6. The second kappa shape index (κ2) is 29.0. The summed E-state index contributed by atoms with van der Waals surface area (Å²) >= 11 is 0. The zero-order valence-corrected chi connectivity index (χ0v) is 49.7. The second-order valence-electron chi connectivity index (χ2n) is 25.4.